The van der Waals surface area contributed by atoms with Gasteiger partial charge in [0.1, 0.15) is 6.04 Å². The van der Waals surface area contributed by atoms with Gasteiger partial charge in [0.25, 0.3) is 0 Å². The Kier molecular flexibility index (Phi) is 6.84. The molecule has 0 radical (unpaired) electrons. The summed E-state index contributed by atoms with van der Waals surface area (Å²) in [5, 5.41) is 2.73. The minimum Gasteiger partial charge on any atom is -0.343 e. The van der Waals surface area contributed by atoms with Gasteiger partial charge < -0.3 is 16.0 Å². The maximum atomic E-state index is 12.1. The monoisotopic (exact) mass is 269 g/mol. The van der Waals surface area contributed by atoms with E-state index in [0.717, 1.165) is 38.8 Å². The Morgan fingerprint density at radius 2 is 1.89 bits per heavy atom. The second kappa shape index (κ2) is 8.15. The molecule has 1 aliphatic heterocycles. The van der Waals surface area contributed by atoms with Crippen LogP contribution < -0.4 is 11.1 Å². The van der Waals surface area contributed by atoms with Crippen LogP contribution >= 0.6 is 0 Å². The topological polar surface area (TPSA) is 75.4 Å². The van der Waals surface area contributed by atoms with Gasteiger partial charge in [-0.3, -0.25) is 9.59 Å². The maximum Gasteiger partial charge on any atom is 0.244 e. The molecule has 2 unspecified atom stereocenters. The zero-order chi connectivity index (χ0) is 14.3. The summed E-state index contributed by atoms with van der Waals surface area (Å²) in [5.41, 5.74) is 5.79. The van der Waals surface area contributed by atoms with E-state index >= 15 is 0 Å². The Morgan fingerprint density at radius 3 is 2.47 bits per heavy atom. The van der Waals surface area contributed by atoms with Crippen LogP contribution in [0.4, 0.5) is 0 Å². The average molecular weight is 269 g/mol. The number of unbranched alkanes of at least 4 members (excludes halogenated alkanes) is 1. The largest absolute Gasteiger partial charge is 0.343 e. The van der Waals surface area contributed by atoms with Crippen LogP contribution in [0.1, 0.15) is 52.4 Å². The molecule has 5 heteroatoms. The van der Waals surface area contributed by atoms with Gasteiger partial charge in [0.2, 0.25) is 11.8 Å². The summed E-state index contributed by atoms with van der Waals surface area (Å²) >= 11 is 0. The number of hydrogen-bond donors (Lipinski definition) is 2. The van der Waals surface area contributed by atoms with Gasteiger partial charge >= 0.3 is 0 Å². The van der Waals surface area contributed by atoms with Gasteiger partial charge in [-0.15, -0.1) is 0 Å². The molecule has 1 saturated heterocycles. The van der Waals surface area contributed by atoms with Crippen molar-refractivity contribution in [3.8, 4) is 0 Å². The number of amides is 2. The van der Waals surface area contributed by atoms with E-state index in [9.17, 15) is 9.59 Å². The van der Waals surface area contributed by atoms with E-state index in [1.165, 1.54) is 6.42 Å². The Balaban J connectivity index is 2.37. The molecule has 1 heterocycles. The van der Waals surface area contributed by atoms with E-state index in [1.807, 2.05) is 4.90 Å². The van der Waals surface area contributed by atoms with Gasteiger partial charge in [0.15, 0.2) is 0 Å². The molecule has 3 N–H and O–H groups in total. The third-order valence-corrected chi connectivity index (χ3v) is 3.60. The molecule has 1 rings (SSSR count). The standard InChI is InChI=1S/C14H27N3O2/c1-3-4-8-12(15)13(18)16-11(2)14(19)17-9-6-5-7-10-17/h11-12H,3-10,15H2,1-2H3,(H,16,18). The summed E-state index contributed by atoms with van der Waals surface area (Å²) in [6, 6.07) is -0.977. The van der Waals surface area contributed by atoms with Crippen LogP contribution in [0.2, 0.25) is 0 Å². The quantitative estimate of drug-likeness (QED) is 0.756. The molecule has 19 heavy (non-hydrogen) atoms. The number of likely N-dealkylation sites (tertiary alicyclic amines) is 1. The lowest BCUT2D eigenvalue weighted by molar-refractivity contribution is -0.137. The average Bonchev–Trinajstić information content (AvgIpc) is 2.44. The molecule has 0 aromatic carbocycles. The van der Waals surface area contributed by atoms with Crippen molar-refractivity contribution in [3.05, 3.63) is 0 Å². The second-order valence-electron chi connectivity index (χ2n) is 5.36. The molecule has 1 aliphatic rings. The third-order valence-electron chi connectivity index (χ3n) is 3.60. The van der Waals surface area contributed by atoms with E-state index in [-0.39, 0.29) is 11.8 Å². The molecule has 110 valence electrons. The SMILES string of the molecule is CCCCC(N)C(=O)NC(C)C(=O)N1CCCCC1. The summed E-state index contributed by atoms with van der Waals surface area (Å²) < 4.78 is 0. The van der Waals surface area contributed by atoms with Crippen LogP contribution in [0.3, 0.4) is 0 Å². The molecule has 1 fully saturated rings. The molecule has 0 saturated carbocycles. The van der Waals surface area contributed by atoms with E-state index < -0.39 is 12.1 Å². The Labute approximate surface area is 115 Å². The van der Waals surface area contributed by atoms with Gasteiger partial charge in [-0.2, -0.15) is 0 Å². The van der Waals surface area contributed by atoms with Gasteiger partial charge in [-0.1, -0.05) is 19.8 Å². The van der Waals surface area contributed by atoms with Crippen molar-refractivity contribution in [2.24, 2.45) is 5.73 Å². The zero-order valence-electron chi connectivity index (χ0n) is 12.2. The first-order valence-electron chi connectivity index (χ1n) is 7.41. The van der Waals surface area contributed by atoms with Gasteiger partial charge in [0, 0.05) is 13.1 Å². The third kappa shape index (κ3) is 5.19. The lowest BCUT2D eigenvalue weighted by Crippen LogP contribution is -2.52. The predicted molar refractivity (Wildman–Crippen MR) is 75.5 cm³/mol. The summed E-state index contributed by atoms with van der Waals surface area (Å²) in [4.78, 5) is 25.8. The van der Waals surface area contributed by atoms with E-state index in [0.29, 0.717) is 6.42 Å². The van der Waals surface area contributed by atoms with Crippen molar-refractivity contribution < 1.29 is 9.59 Å². The van der Waals surface area contributed by atoms with Crippen LogP contribution in [0.25, 0.3) is 0 Å². The highest BCUT2D eigenvalue weighted by molar-refractivity contribution is 5.89. The first-order valence-corrected chi connectivity index (χ1v) is 7.41. The highest BCUT2D eigenvalue weighted by Gasteiger charge is 2.24. The number of nitrogens with zero attached hydrogens (tertiary/aromatic N) is 1. The summed E-state index contributed by atoms with van der Waals surface area (Å²) in [7, 11) is 0. The molecular formula is C14H27N3O2. The molecule has 0 spiro atoms. The summed E-state index contributed by atoms with van der Waals surface area (Å²) in [5.74, 6) is -0.206. The van der Waals surface area contributed by atoms with Crippen LogP contribution in [0.15, 0.2) is 0 Å². The predicted octanol–water partition coefficient (Wildman–Crippen LogP) is 1.02. The van der Waals surface area contributed by atoms with Crippen LogP contribution in [0, 0.1) is 0 Å². The number of rotatable bonds is 6. The second-order valence-corrected chi connectivity index (χ2v) is 5.36. The van der Waals surface area contributed by atoms with Gasteiger partial charge in [-0.25, -0.2) is 0 Å². The molecule has 0 aromatic rings. The lowest BCUT2D eigenvalue weighted by Gasteiger charge is -2.29. The maximum absolute atomic E-state index is 12.1. The minimum atomic E-state index is -0.503. The first-order chi connectivity index (χ1) is 9.06. The minimum absolute atomic E-state index is 0.00995. The lowest BCUT2D eigenvalue weighted by atomic mass is 10.1. The van der Waals surface area contributed by atoms with Gasteiger partial charge in [0.05, 0.1) is 6.04 Å². The molecular weight excluding hydrogens is 242 g/mol. The highest BCUT2D eigenvalue weighted by atomic mass is 16.2. The summed E-state index contributed by atoms with van der Waals surface area (Å²) in [6.45, 7) is 5.41. The molecule has 5 nitrogen and oxygen atoms in total. The number of nitrogens with two attached hydrogens (primary N) is 1. The molecule has 2 atom stereocenters. The molecule has 0 aromatic heterocycles. The van der Waals surface area contributed by atoms with Crippen molar-refractivity contribution in [2.75, 3.05) is 13.1 Å². The van der Waals surface area contributed by atoms with E-state index in [1.54, 1.807) is 6.92 Å². The number of carbonyl (C=O) groups is 2. The van der Waals surface area contributed by atoms with Crippen LogP contribution in [-0.2, 0) is 9.59 Å². The fourth-order valence-corrected chi connectivity index (χ4v) is 2.33. The van der Waals surface area contributed by atoms with Crippen LogP contribution in [0.5, 0.6) is 0 Å². The molecule has 0 aliphatic carbocycles. The van der Waals surface area contributed by atoms with Crippen LogP contribution in [-0.4, -0.2) is 41.9 Å². The van der Waals surface area contributed by atoms with E-state index in [4.69, 9.17) is 5.73 Å². The van der Waals surface area contributed by atoms with Crippen molar-refractivity contribution >= 4 is 11.8 Å². The highest BCUT2D eigenvalue weighted by Crippen LogP contribution is 2.10. The fourth-order valence-electron chi connectivity index (χ4n) is 2.33. The van der Waals surface area contributed by atoms with Crippen molar-refractivity contribution in [1.29, 1.82) is 0 Å². The Morgan fingerprint density at radius 1 is 1.26 bits per heavy atom. The smallest absolute Gasteiger partial charge is 0.244 e. The Bertz CT molecular complexity index is 301. The van der Waals surface area contributed by atoms with Gasteiger partial charge in [-0.05, 0) is 32.6 Å². The normalized spacial score (nSPS) is 18.8. The molecule has 2 amide bonds. The number of hydrogen-bond acceptors (Lipinski definition) is 3. The zero-order valence-corrected chi connectivity index (χ0v) is 12.2. The number of nitrogens with one attached hydrogen (secondary N) is 1. The number of carbonyl (C=O) groups excluding carboxylic acids is 2. The van der Waals surface area contributed by atoms with Crippen molar-refractivity contribution in [3.63, 3.8) is 0 Å². The molecule has 0 bridgehead atoms. The fraction of sp³-hybridized carbons (Fsp3) is 0.857. The number of piperidine rings is 1. The first kappa shape index (κ1) is 16.0. The Hall–Kier alpha value is -1.10. The summed E-state index contributed by atoms with van der Waals surface area (Å²) in [6.07, 6.45) is 5.93. The van der Waals surface area contributed by atoms with Crippen molar-refractivity contribution in [2.45, 2.75) is 64.5 Å². The van der Waals surface area contributed by atoms with Crippen molar-refractivity contribution in [1.82, 2.24) is 10.2 Å². The van der Waals surface area contributed by atoms with E-state index in [2.05, 4.69) is 12.2 Å².